The maximum atomic E-state index is 13.7. The van der Waals surface area contributed by atoms with E-state index in [4.69, 9.17) is 0 Å². The van der Waals surface area contributed by atoms with Crippen LogP contribution in [0.3, 0.4) is 0 Å². The molecule has 1 N–H and O–H groups in total. The lowest BCUT2D eigenvalue weighted by molar-refractivity contribution is -0.384. The van der Waals surface area contributed by atoms with Gasteiger partial charge in [0.25, 0.3) is 5.69 Å². The summed E-state index contributed by atoms with van der Waals surface area (Å²) in [6, 6.07) is 9.03. The minimum Gasteiger partial charge on any atom is -0.378 e. The van der Waals surface area contributed by atoms with Gasteiger partial charge in [0.05, 0.1) is 22.3 Å². The first-order chi connectivity index (χ1) is 10.1. The number of hydrogen-bond acceptors (Lipinski definition) is 4. The van der Waals surface area contributed by atoms with Crippen molar-refractivity contribution in [3.8, 4) is 0 Å². The van der Waals surface area contributed by atoms with Crippen molar-refractivity contribution in [1.29, 1.82) is 0 Å². The Morgan fingerprint density at radius 3 is 3.00 bits per heavy atom. The number of non-ortho nitro benzene ring substituents is 1. The van der Waals surface area contributed by atoms with E-state index in [0.29, 0.717) is 6.54 Å². The van der Waals surface area contributed by atoms with Crippen LogP contribution in [0.15, 0.2) is 48.8 Å². The normalized spacial score (nSPS) is 10.7. The van der Waals surface area contributed by atoms with Gasteiger partial charge in [-0.25, -0.2) is 8.91 Å². The number of nitro groups is 1. The number of halogens is 1. The van der Waals surface area contributed by atoms with Crippen LogP contribution in [0.4, 0.5) is 15.8 Å². The molecule has 21 heavy (non-hydrogen) atoms. The number of rotatable bonds is 4. The molecule has 0 amide bonds. The molecule has 0 aliphatic carbocycles. The van der Waals surface area contributed by atoms with E-state index in [1.165, 1.54) is 6.07 Å². The molecule has 0 aliphatic heterocycles. The molecule has 3 rings (SSSR count). The Morgan fingerprint density at radius 2 is 2.19 bits per heavy atom. The second-order valence-corrected chi connectivity index (χ2v) is 4.48. The van der Waals surface area contributed by atoms with Gasteiger partial charge in [-0.15, -0.1) is 0 Å². The van der Waals surface area contributed by atoms with Gasteiger partial charge in [-0.05, 0) is 18.2 Å². The number of fused-ring (bicyclic) bond motifs is 1. The Hall–Kier alpha value is -2.96. The van der Waals surface area contributed by atoms with Crippen LogP contribution < -0.4 is 5.32 Å². The summed E-state index contributed by atoms with van der Waals surface area (Å²) >= 11 is 0. The quantitative estimate of drug-likeness (QED) is 0.591. The highest BCUT2D eigenvalue weighted by Gasteiger charge is 2.11. The third kappa shape index (κ3) is 2.53. The Labute approximate surface area is 119 Å². The van der Waals surface area contributed by atoms with Gasteiger partial charge in [-0.3, -0.25) is 10.1 Å². The van der Waals surface area contributed by atoms with E-state index in [1.54, 1.807) is 10.7 Å². The summed E-state index contributed by atoms with van der Waals surface area (Å²) < 4.78 is 15.4. The molecule has 0 fully saturated rings. The van der Waals surface area contributed by atoms with Crippen molar-refractivity contribution >= 4 is 16.9 Å². The Morgan fingerprint density at radius 1 is 1.33 bits per heavy atom. The molecule has 3 aromatic rings. The van der Waals surface area contributed by atoms with E-state index in [2.05, 4.69) is 10.4 Å². The molecule has 2 heterocycles. The van der Waals surface area contributed by atoms with Gasteiger partial charge >= 0.3 is 0 Å². The molecule has 0 aliphatic rings. The molecule has 2 aromatic heterocycles. The van der Waals surface area contributed by atoms with Crippen molar-refractivity contribution in [3.63, 3.8) is 0 Å². The first-order valence-corrected chi connectivity index (χ1v) is 6.24. The lowest BCUT2D eigenvalue weighted by Crippen LogP contribution is -2.02. The zero-order chi connectivity index (χ0) is 14.8. The maximum Gasteiger partial charge on any atom is 0.271 e. The van der Waals surface area contributed by atoms with Crippen molar-refractivity contribution in [2.45, 2.75) is 6.54 Å². The van der Waals surface area contributed by atoms with Crippen molar-refractivity contribution in [2.24, 2.45) is 0 Å². The van der Waals surface area contributed by atoms with E-state index in [9.17, 15) is 14.5 Å². The third-order valence-electron chi connectivity index (χ3n) is 3.14. The SMILES string of the molecule is O=[N+]([O-])c1ccc(F)c(NCc2cnn3ccccc23)c1. The van der Waals surface area contributed by atoms with Gasteiger partial charge in [0.1, 0.15) is 5.82 Å². The van der Waals surface area contributed by atoms with E-state index >= 15 is 0 Å². The summed E-state index contributed by atoms with van der Waals surface area (Å²) in [4.78, 5) is 10.2. The van der Waals surface area contributed by atoms with Gasteiger partial charge in [-0.1, -0.05) is 6.07 Å². The topological polar surface area (TPSA) is 72.5 Å². The lowest BCUT2D eigenvalue weighted by atomic mass is 10.2. The van der Waals surface area contributed by atoms with E-state index in [-0.39, 0.29) is 11.4 Å². The van der Waals surface area contributed by atoms with Gasteiger partial charge in [0, 0.05) is 30.4 Å². The molecule has 0 bridgehead atoms. The largest absolute Gasteiger partial charge is 0.378 e. The van der Waals surface area contributed by atoms with Crippen LogP contribution in [0.1, 0.15) is 5.56 Å². The van der Waals surface area contributed by atoms with Crippen molar-refractivity contribution < 1.29 is 9.31 Å². The molecule has 0 radical (unpaired) electrons. The van der Waals surface area contributed by atoms with Crippen molar-refractivity contribution in [2.75, 3.05) is 5.32 Å². The number of hydrogen-bond donors (Lipinski definition) is 1. The van der Waals surface area contributed by atoms with E-state index in [0.717, 1.165) is 23.2 Å². The zero-order valence-corrected chi connectivity index (χ0v) is 10.9. The fraction of sp³-hybridized carbons (Fsp3) is 0.0714. The van der Waals surface area contributed by atoms with Crippen molar-refractivity contribution in [3.05, 3.63) is 70.3 Å². The summed E-state index contributed by atoms with van der Waals surface area (Å²) in [5.41, 5.74) is 1.72. The van der Waals surface area contributed by atoms with Gasteiger partial charge in [0.15, 0.2) is 0 Å². The summed E-state index contributed by atoms with van der Waals surface area (Å²) in [6.45, 7) is 0.325. The molecule has 1 aromatic carbocycles. The second-order valence-electron chi connectivity index (χ2n) is 4.48. The number of nitro benzene ring substituents is 1. The molecule has 0 saturated carbocycles. The Balaban J connectivity index is 1.84. The molecular weight excluding hydrogens is 275 g/mol. The predicted molar refractivity (Wildman–Crippen MR) is 75.6 cm³/mol. The summed E-state index contributed by atoms with van der Waals surface area (Å²) in [5, 5.41) is 17.8. The summed E-state index contributed by atoms with van der Waals surface area (Å²) in [6.07, 6.45) is 3.49. The minimum absolute atomic E-state index is 0.0967. The first-order valence-electron chi connectivity index (χ1n) is 6.24. The molecule has 0 saturated heterocycles. The Kier molecular flexibility index (Phi) is 3.23. The van der Waals surface area contributed by atoms with Crippen LogP contribution in [0.25, 0.3) is 5.52 Å². The highest BCUT2D eigenvalue weighted by atomic mass is 19.1. The fourth-order valence-electron chi connectivity index (χ4n) is 2.08. The maximum absolute atomic E-state index is 13.7. The molecule has 6 nitrogen and oxygen atoms in total. The van der Waals surface area contributed by atoms with E-state index < -0.39 is 10.7 Å². The van der Waals surface area contributed by atoms with Gasteiger partial charge < -0.3 is 5.32 Å². The second kappa shape index (κ2) is 5.20. The number of pyridine rings is 1. The van der Waals surface area contributed by atoms with Crippen LogP contribution in [-0.4, -0.2) is 14.5 Å². The smallest absolute Gasteiger partial charge is 0.271 e. The lowest BCUT2D eigenvalue weighted by Gasteiger charge is -2.06. The molecular formula is C14H11FN4O2. The summed E-state index contributed by atoms with van der Waals surface area (Å²) in [7, 11) is 0. The number of nitrogens with zero attached hydrogens (tertiary/aromatic N) is 3. The average Bonchev–Trinajstić information content (AvgIpc) is 2.89. The van der Waals surface area contributed by atoms with E-state index in [1.807, 2.05) is 24.4 Å². The fourth-order valence-corrected chi connectivity index (χ4v) is 2.08. The molecule has 0 atom stereocenters. The highest BCUT2D eigenvalue weighted by molar-refractivity contribution is 5.57. The van der Waals surface area contributed by atoms with Crippen LogP contribution in [0.2, 0.25) is 0 Å². The van der Waals surface area contributed by atoms with Gasteiger partial charge in [0.2, 0.25) is 0 Å². The number of anilines is 1. The average molecular weight is 286 g/mol. The molecule has 106 valence electrons. The first kappa shape index (κ1) is 13.0. The van der Waals surface area contributed by atoms with Crippen LogP contribution >= 0.6 is 0 Å². The number of aromatic nitrogens is 2. The Bertz CT molecular complexity index is 816. The van der Waals surface area contributed by atoms with Crippen LogP contribution in [0, 0.1) is 15.9 Å². The van der Waals surface area contributed by atoms with Gasteiger partial charge in [-0.2, -0.15) is 5.10 Å². The highest BCUT2D eigenvalue weighted by Crippen LogP contribution is 2.22. The monoisotopic (exact) mass is 286 g/mol. The number of nitrogens with one attached hydrogen (secondary N) is 1. The predicted octanol–water partition coefficient (Wildman–Crippen LogP) is 2.99. The molecule has 7 heteroatoms. The van der Waals surface area contributed by atoms with Crippen LogP contribution in [0.5, 0.6) is 0 Å². The summed E-state index contributed by atoms with van der Waals surface area (Å²) in [5.74, 6) is -0.530. The zero-order valence-electron chi connectivity index (χ0n) is 10.9. The third-order valence-corrected chi connectivity index (χ3v) is 3.14. The van der Waals surface area contributed by atoms with Crippen molar-refractivity contribution in [1.82, 2.24) is 9.61 Å². The molecule has 0 unspecified atom stereocenters. The minimum atomic E-state index is -0.556. The standard InChI is InChI=1S/C14H11FN4O2/c15-12-5-4-11(19(20)21)7-13(12)16-8-10-9-17-18-6-2-1-3-14(10)18/h1-7,9,16H,8H2. The van der Waals surface area contributed by atoms with Crippen LogP contribution in [-0.2, 0) is 6.54 Å². The molecule has 0 spiro atoms. The number of benzene rings is 1.